The summed E-state index contributed by atoms with van der Waals surface area (Å²) < 4.78 is 26.1. The Labute approximate surface area is 97.5 Å². The molecular weight excluding hydrogens is 208 g/mol. The summed E-state index contributed by atoms with van der Waals surface area (Å²) in [4.78, 5) is 1.90. The highest BCUT2D eigenvalue weighted by Crippen LogP contribution is 2.30. The first-order valence-electron chi connectivity index (χ1n) is 6.11. The van der Waals surface area contributed by atoms with E-state index < -0.39 is 5.92 Å². The third-order valence-corrected chi connectivity index (χ3v) is 3.75. The van der Waals surface area contributed by atoms with Gasteiger partial charge in [-0.15, -0.1) is 0 Å². The quantitative estimate of drug-likeness (QED) is 0.654. The van der Waals surface area contributed by atoms with Crippen molar-refractivity contribution in [3.8, 4) is 0 Å². The molecule has 0 N–H and O–H groups in total. The van der Waals surface area contributed by atoms with E-state index in [1.807, 2.05) is 11.8 Å². The van der Waals surface area contributed by atoms with E-state index in [-0.39, 0.29) is 13.0 Å². The highest BCUT2D eigenvalue weighted by molar-refractivity contribution is 4.97. The Balaban J connectivity index is 2.49. The lowest BCUT2D eigenvalue weighted by Gasteiger charge is -2.27. The molecule has 1 unspecified atom stereocenters. The van der Waals surface area contributed by atoms with Gasteiger partial charge in [0.1, 0.15) is 0 Å². The van der Waals surface area contributed by atoms with Crippen LogP contribution in [0.3, 0.4) is 0 Å². The van der Waals surface area contributed by atoms with Gasteiger partial charge in [-0.05, 0) is 18.8 Å². The summed E-state index contributed by atoms with van der Waals surface area (Å²) in [6, 6.07) is 0. The standard InChI is InChI=1S/C13H23F2N/c1-5-12(11(4)10(2)3)8-16-7-6-13(14,15)9-16/h11-12H,2,5-9H2,1,3-4H3/t11?,12-/m1/s1. The predicted octanol–water partition coefficient (Wildman–Crippen LogP) is 3.57. The average molecular weight is 231 g/mol. The summed E-state index contributed by atoms with van der Waals surface area (Å²) in [6.07, 6.45) is 1.04. The lowest BCUT2D eigenvalue weighted by atomic mass is 9.86. The molecule has 0 aromatic carbocycles. The number of halogens is 2. The maximum Gasteiger partial charge on any atom is 0.261 e. The molecule has 1 nitrogen and oxygen atoms in total. The normalized spacial score (nSPS) is 24.3. The van der Waals surface area contributed by atoms with E-state index in [0.29, 0.717) is 18.4 Å². The first-order chi connectivity index (χ1) is 7.35. The van der Waals surface area contributed by atoms with Crippen molar-refractivity contribution in [2.75, 3.05) is 19.6 Å². The van der Waals surface area contributed by atoms with Gasteiger partial charge in [-0.25, -0.2) is 8.78 Å². The van der Waals surface area contributed by atoms with Crippen molar-refractivity contribution < 1.29 is 8.78 Å². The van der Waals surface area contributed by atoms with Crippen LogP contribution < -0.4 is 0 Å². The third-order valence-electron chi connectivity index (χ3n) is 3.75. The molecular formula is C13H23F2N. The molecule has 0 aliphatic carbocycles. The van der Waals surface area contributed by atoms with Gasteiger partial charge in [0.15, 0.2) is 0 Å². The first kappa shape index (κ1) is 13.6. The van der Waals surface area contributed by atoms with Crippen LogP contribution in [0.1, 0.15) is 33.6 Å². The van der Waals surface area contributed by atoms with E-state index in [9.17, 15) is 8.78 Å². The molecule has 1 heterocycles. The van der Waals surface area contributed by atoms with Crippen molar-refractivity contribution in [3.63, 3.8) is 0 Å². The van der Waals surface area contributed by atoms with Gasteiger partial charge in [0.05, 0.1) is 6.54 Å². The highest BCUT2D eigenvalue weighted by Gasteiger charge is 2.38. The Hall–Kier alpha value is -0.440. The number of likely N-dealkylation sites (tertiary alicyclic amines) is 1. The number of alkyl halides is 2. The van der Waals surface area contributed by atoms with Gasteiger partial charge >= 0.3 is 0 Å². The van der Waals surface area contributed by atoms with Crippen LogP contribution in [0.5, 0.6) is 0 Å². The van der Waals surface area contributed by atoms with Gasteiger partial charge in [-0.1, -0.05) is 32.4 Å². The van der Waals surface area contributed by atoms with Crippen LogP contribution >= 0.6 is 0 Å². The molecule has 0 bridgehead atoms. The summed E-state index contributed by atoms with van der Waals surface area (Å²) in [5.41, 5.74) is 1.15. The van der Waals surface area contributed by atoms with Gasteiger partial charge in [0.2, 0.25) is 0 Å². The number of hydrogen-bond acceptors (Lipinski definition) is 1. The van der Waals surface area contributed by atoms with Crippen molar-refractivity contribution in [3.05, 3.63) is 12.2 Å². The van der Waals surface area contributed by atoms with Gasteiger partial charge in [0, 0.05) is 19.5 Å². The minimum absolute atomic E-state index is 0.0187. The van der Waals surface area contributed by atoms with E-state index in [2.05, 4.69) is 20.4 Å². The minimum atomic E-state index is -2.47. The number of nitrogens with zero attached hydrogens (tertiary/aromatic N) is 1. The smallest absolute Gasteiger partial charge is 0.261 e. The molecule has 0 amide bonds. The van der Waals surface area contributed by atoms with Gasteiger partial charge in [-0.3, -0.25) is 4.90 Å². The Morgan fingerprint density at radius 3 is 2.50 bits per heavy atom. The Bertz CT molecular complexity index is 250. The topological polar surface area (TPSA) is 3.24 Å². The molecule has 1 rings (SSSR count). The molecule has 0 aromatic heterocycles. The van der Waals surface area contributed by atoms with Crippen LogP contribution in [0.15, 0.2) is 12.2 Å². The van der Waals surface area contributed by atoms with Crippen LogP contribution in [0, 0.1) is 11.8 Å². The molecule has 1 aliphatic rings. The van der Waals surface area contributed by atoms with Crippen molar-refractivity contribution in [2.24, 2.45) is 11.8 Å². The zero-order valence-corrected chi connectivity index (χ0v) is 10.6. The SMILES string of the molecule is C=C(C)C(C)[C@H](CC)CN1CCC(F)(F)C1. The zero-order valence-electron chi connectivity index (χ0n) is 10.6. The first-order valence-corrected chi connectivity index (χ1v) is 6.11. The average Bonchev–Trinajstić information content (AvgIpc) is 2.53. The Kier molecular flexibility index (Phi) is 4.48. The van der Waals surface area contributed by atoms with Gasteiger partial charge in [-0.2, -0.15) is 0 Å². The highest BCUT2D eigenvalue weighted by atomic mass is 19.3. The van der Waals surface area contributed by atoms with Crippen LogP contribution in [0.4, 0.5) is 8.78 Å². The van der Waals surface area contributed by atoms with Crippen molar-refractivity contribution in [1.82, 2.24) is 4.90 Å². The largest absolute Gasteiger partial charge is 0.297 e. The predicted molar refractivity (Wildman–Crippen MR) is 63.8 cm³/mol. The molecule has 0 radical (unpaired) electrons. The summed E-state index contributed by atoms with van der Waals surface area (Å²) in [6.45, 7) is 11.5. The van der Waals surface area contributed by atoms with Crippen LogP contribution in [0.2, 0.25) is 0 Å². The monoisotopic (exact) mass is 231 g/mol. The number of rotatable bonds is 5. The fourth-order valence-corrected chi connectivity index (χ4v) is 2.34. The second-order valence-electron chi connectivity index (χ2n) is 5.14. The second-order valence-corrected chi connectivity index (χ2v) is 5.14. The molecule has 3 heteroatoms. The molecule has 1 saturated heterocycles. The lowest BCUT2D eigenvalue weighted by molar-refractivity contribution is 0.0102. The van der Waals surface area contributed by atoms with Gasteiger partial charge < -0.3 is 0 Å². The molecule has 1 aliphatic heterocycles. The molecule has 0 spiro atoms. The van der Waals surface area contributed by atoms with E-state index in [0.717, 1.165) is 18.5 Å². The molecule has 0 saturated carbocycles. The maximum atomic E-state index is 13.0. The van der Waals surface area contributed by atoms with E-state index in [1.54, 1.807) is 0 Å². The van der Waals surface area contributed by atoms with Crippen molar-refractivity contribution >= 4 is 0 Å². The maximum absolute atomic E-state index is 13.0. The van der Waals surface area contributed by atoms with E-state index in [1.165, 1.54) is 0 Å². The molecule has 1 fully saturated rings. The van der Waals surface area contributed by atoms with Gasteiger partial charge in [0.25, 0.3) is 5.92 Å². The third kappa shape index (κ3) is 3.55. The van der Waals surface area contributed by atoms with Crippen LogP contribution in [-0.2, 0) is 0 Å². The Morgan fingerprint density at radius 1 is 1.50 bits per heavy atom. The number of hydrogen-bond donors (Lipinski definition) is 0. The summed E-state index contributed by atoms with van der Waals surface area (Å²) in [5.74, 6) is -1.60. The summed E-state index contributed by atoms with van der Waals surface area (Å²) in [5, 5.41) is 0. The fraction of sp³-hybridized carbons (Fsp3) is 0.846. The van der Waals surface area contributed by atoms with Crippen LogP contribution in [-0.4, -0.2) is 30.5 Å². The van der Waals surface area contributed by atoms with Crippen molar-refractivity contribution in [1.29, 1.82) is 0 Å². The van der Waals surface area contributed by atoms with E-state index in [4.69, 9.17) is 0 Å². The molecule has 16 heavy (non-hydrogen) atoms. The fourth-order valence-electron chi connectivity index (χ4n) is 2.34. The molecule has 0 aromatic rings. The lowest BCUT2D eigenvalue weighted by Crippen LogP contribution is -2.32. The second kappa shape index (κ2) is 5.26. The number of allylic oxidation sites excluding steroid dienone is 1. The van der Waals surface area contributed by atoms with Crippen molar-refractivity contribution in [2.45, 2.75) is 39.5 Å². The van der Waals surface area contributed by atoms with Crippen LogP contribution in [0.25, 0.3) is 0 Å². The zero-order chi connectivity index (χ0) is 12.3. The Morgan fingerprint density at radius 2 is 2.12 bits per heavy atom. The summed E-state index contributed by atoms with van der Waals surface area (Å²) >= 11 is 0. The van der Waals surface area contributed by atoms with E-state index >= 15 is 0 Å². The molecule has 94 valence electrons. The summed E-state index contributed by atoms with van der Waals surface area (Å²) in [7, 11) is 0. The molecule has 2 atom stereocenters. The minimum Gasteiger partial charge on any atom is -0.297 e.